The third-order valence-electron chi connectivity index (χ3n) is 3.32. The number of carbonyl (C=O) groups excluding carboxylic acids is 1. The minimum absolute atomic E-state index is 0.117. The van der Waals surface area contributed by atoms with Gasteiger partial charge in [0.1, 0.15) is 5.82 Å². The van der Waals surface area contributed by atoms with Gasteiger partial charge in [-0.1, -0.05) is 0 Å². The first kappa shape index (κ1) is 14.0. The lowest BCUT2D eigenvalue weighted by Gasteiger charge is -2.31. The molecule has 0 aromatic carbocycles. The molecule has 1 saturated heterocycles. The maximum absolute atomic E-state index is 11.3. The number of primary amides is 1. The highest BCUT2D eigenvalue weighted by Gasteiger charge is 2.29. The second-order valence-electron chi connectivity index (χ2n) is 4.63. The molecule has 2 heterocycles. The molecule has 9 heteroatoms. The summed E-state index contributed by atoms with van der Waals surface area (Å²) in [5, 5.41) is 11.1. The van der Waals surface area contributed by atoms with Crippen LogP contribution in [0.3, 0.4) is 0 Å². The molecule has 1 amide bonds. The monoisotopic (exact) mass is 280 g/mol. The molecular weight excluding hydrogens is 264 g/mol. The Bertz CT molecular complexity index is 535. The number of nitro groups is 1. The standard InChI is InChI=1S/C11H16N6O3/c12-10(18)7-2-1-5-16(6-7)11-8(17(19)20)3-4-9(14-11)15-13/h3-4,7H,1-2,5-6,13H2,(H2,12,18)(H,14,15). The molecule has 1 fully saturated rings. The Morgan fingerprint density at radius 1 is 1.55 bits per heavy atom. The van der Waals surface area contributed by atoms with Gasteiger partial charge in [-0.05, 0) is 18.9 Å². The van der Waals surface area contributed by atoms with Crippen LogP contribution in [0.1, 0.15) is 12.8 Å². The fourth-order valence-corrected chi connectivity index (χ4v) is 2.30. The van der Waals surface area contributed by atoms with Crippen molar-refractivity contribution < 1.29 is 9.72 Å². The molecular formula is C11H16N6O3. The van der Waals surface area contributed by atoms with Crippen LogP contribution in [0.25, 0.3) is 0 Å². The SMILES string of the molecule is NNc1ccc([N+](=O)[O-])c(N2CCCC(C(N)=O)C2)n1. The molecule has 0 spiro atoms. The zero-order chi connectivity index (χ0) is 14.7. The summed E-state index contributed by atoms with van der Waals surface area (Å²) in [7, 11) is 0. The molecule has 1 aromatic heterocycles. The van der Waals surface area contributed by atoms with Crippen LogP contribution in [0.4, 0.5) is 17.3 Å². The number of hydrazine groups is 1. The molecule has 1 atom stereocenters. The number of pyridine rings is 1. The van der Waals surface area contributed by atoms with Gasteiger partial charge in [-0.3, -0.25) is 14.9 Å². The maximum atomic E-state index is 11.3. The van der Waals surface area contributed by atoms with Gasteiger partial charge in [0.25, 0.3) is 0 Å². The predicted octanol–water partition coefficient (Wildman–Crippen LogP) is -0.0229. The molecule has 0 saturated carbocycles. The Balaban J connectivity index is 2.34. The first-order valence-corrected chi connectivity index (χ1v) is 6.19. The van der Waals surface area contributed by atoms with Crippen LogP contribution in [0.2, 0.25) is 0 Å². The van der Waals surface area contributed by atoms with Gasteiger partial charge in [-0.2, -0.15) is 0 Å². The van der Waals surface area contributed by atoms with Gasteiger partial charge >= 0.3 is 5.69 Å². The van der Waals surface area contributed by atoms with Crippen molar-refractivity contribution in [2.75, 3.05) is 23.4 Å². The van der Waals surface area contributed by atoms with E-state index >= 15 is 0 Å². The lowest BCUT2D eigenvalue weighted by molar-refractivity contribution is -0.384. The molecule has 1 aliphatic rings. The van der Waals surface area contributed by atoms with Crippen molar-refractivity contribution in [2.24, 2.45) is 17.5 Å². The van der Waals surface area contributed by atoms with Crippen LogP contribution in [0.5, 0.6) is 0 Å². The van der Waals surface area contributed by atoms with Gasteiger partial charge in [-0.25, -0.2) is 10.8 Å². The average molecular weight is 280 g/mol. The number of nitrogens with two attached hydrogens (primary N) is 2. The number of nitrogen functional groups attached to an aromatic ring is 1. The molecule has 0 bridgehead atoms. The van der Waals surface area contributed by atoms with E-state index in [1.165, 1.54) is 12.1 Å². The second kappa shape index (κ2) is 5.70. The van der Waals surface area contributed by atoms with E-state index in [0.717, 1.165) is 6.42 Å². The van der Waals surface area contributed by atoms with Gasteiger partial charge in [0.05, 0.1) is 10.8 Å². The maximum Gasteiger partial charge on any atom is 0.311 e. The number of hydrogen-bond donors (Lipinski definition) is 3. The van der Waals surface area contributed by atoms with Crippen molar-refractivity contribution in [3.05, 3.63) is 22.2 Å². The van der Waals surface area contributed by atoms with Gasteiger partial charge in [-0.15, -0.1) is 0 Å². The molecule has 9 nitrogen and oxygen atoms in total. The molecule has 108 valence electrons. The normalized spacial score (nSPS) is 18.6. The molecule has 0 radical (unpaired) electrons. The van der Waals surface area contributed by atoms with Crippen LogP contribution in [0.15, 0.2) is 12.1 Å². The summed E-state index contributed by atoms with van der Waals surface area (Å²) in [5.74, 6) is 5.09. The number of hydrogen-bond acceptors (Lipinski definition) is 7. The number of nitrogens with zero attached hydrogens (tertiary/aromatic N) is 3. The topological polar surface area (TPSA) is 140 Å². The van der Waals surface area contributed by atoms with Crippen molar-refractivity contribution in [3.8, 4) is 0 Å². The molecule has 1 aromatic rings. The average Bonchev–Trinajstić information content (AvgIpc) is 2.46. The quantitative estimate of drug-likeness (QED) is 0.399. The van der Waals surface area contributed by atoms with Crippen molar-refractivity contribution >= 4 is 23.2 Å². The Morgan fingerprint density at radius 2 is 2.30 bits per heavy atom. The smallest absolute Gasteiger partial charge is 0.311 e. The number of nitrogens with one attached hydrogen (secondary N) is 1. The molecule has 1 unspecified atom stereocenters. The number of amides is 1. The Labute approximate surface area is 115 Å². The minimum Gasteiger partial charge on any atom is -0.369 e. The lowest BCUT2D eigenvalue weighted by atomic mass is 9.97. The zero-order valence-electron chi connectivity index (χ0n) is 10.8. The van der Waals surface area contributed by atoms with Gasteiger partial charge < -0.3 is 16.1 Å². The van der Waals surface area contributed by atoms with Crippen LogP contribution in [-0.2, 0) is 4.79 Å². The zero-order valence-corrected chi connectivity index (χ0v) is 10.8. The van der Waals surface area contributed by atoms with E-state index in [0.29, 0.717) is 25.3 Å². The highest BCUT2D eigenvalue weighted by Crippen LogP contribution is 2.30. The number of aromatic nitrogens is 1. The van der Waals surface area contributed by atoms with Crippen LogP contribution in [0, 0.1) is 16.0 Å². The van der Waals surface area contributed by atoms with Gasteiger partial charge in [0, 0.05) is 19.2 Å². The summed E-state index contributed by atoms with van der Waals surface area (Å²) >= 11 is 0. The first-order valence-electron chi connectivity index (χ1n) is 6.19. The number of piperidine rings is 1. The summed E-state index contributed by atoms with van der Waals surface area (Å²) in [5.41, 5.74) is 7.55. The van der Waals surface area contributed by atoms with E-state index in [4.69, 9.17) is 11.6 Å². The highest BCUT2D eigenvalue weighted by atomic mass is 16.6. The van der Waals surface area contributed by atoms with Gasteiger partial charge in [0.15, 0.2) is 0 Å². The van der Waals surface area contributed by atoms with Crippen LogP contribution in [-0.4, -0.2) is 28.9 Å². The molecule has 2 rings (SSSR count). The van der Waals surface area contributed by atoms with E-state index < -0.39 is 10.8 Å². The summed E-state index contributed by atoms with van der Waals surface area (Å²) < 4.78 is 0. The third-order valence-corrected chi connectivity index (χ3v) is 3.32. The van der Waals surface area contributed by atoms with Crippen molar-refractivity contribution in [1.82, 2.24) is 4.98 Å². The summed E-state index contributed by atoms with van der Waals surface area (Å²) in [6, 6.07) is 2.77. The molecule has 0 aliphatic carbocycles. The van der Waals surface area contributed by atoms with E-state index in [-0.39, 0.29) is 17.4 Å². The number of rotatable bonds is 4. The number of carbonyl (C=O) groups is 1. The molecule has 20 heavy (non-hydrogen) atoms. The largest absolute Gasteiger partial charge is 0.369 e. The summed E-state index contributed by atoms with van der Waals surface area (Å²) in [4.78, 5) is 27.7. The summed E-state index contributed by atoms with van der Waals surface area (Å²) in [6.07, 6.45) is 1.42. The predicted molar refractivity (Wildman–Crippen MR) is 72.8 cm³/mol. The Morgan fingerprint density at radius 3 is 2.90 bits per heavy atom. The van der Waals surface area contributed by atoms with E-state index in [2.05, 4.69) is 10.4 Å². The minimum atomic E-state index is -0.503. The van der Waals surface area contributed by atoms with E-state index in [1.807, 2.05) is 0 Å². The first-order chi connectivity index (χ1) is 9.52. The Hall–Kier alpha value is -2.42. The fourth-order valence-electron chi connectivity index (χ4n) is 2.30. The van der Waals surface area contributed by atoms with Crippen LogP contribution < -0.4 is 21.9 Å². The van der Waals surface area contributed by atoms with E-state index in [9.17, 15) is 14.9 Å². The van der Waals surface area contributed by atoms with Gasteiger partial charge in [0.2, 0.25) is 11.7 Å². The highest BCUT2D eigenvalue weighted by molar-refractivity contribution is 5.78. The van der Waals surface area contributed by atoms with Crippen LogP contribution >= 0.6 is 0 Å². The lowest BCUT2D eigenvalue weighted by Crippen LogP contribution is -2.41. The number of anilines is 2. The fraction of sp³-hybridized carbons (Fsp3) is 0.455. The van der Waals surface area contributed by atoms with Crippen molar-refractivity contribution in [3.63, 3.8) is 0 Å². The Kier molecular flexibility index (Phi) is 3.99. The summed E-state index contributed by atoms with van der Waals surface area (Å²) in [6.45, 7) is 0.919. The molecule has 1 aliphatic heterocycles. The second-order valence-corrected chi connectivity index (χ2v) is 4.63. The third kappa shape index (κ3) is 2.77. The van der Waals surface area contributed by atoms with Crippen molar-refractivity contribution in [1.29, 1.82) is 0 Å². The van der Waals surface area contributed by atoms with E-state index in [1.54, 1.807) is 4.90 Å². The van der Waals surface area contributed by atoms with Crippen molar-refractivity contribution in [2.45, 2.75) is 12.8 Å². The molecule has 5 N–H and O–H groups in total.